The molecule has 0 bridgehead atoms. The maximum absolute atomic E-state index is 11.7. The average Bonchev–Trinajstić information content (AvgIpc) is 2.38. The normalized spacial score (nSPS) is 29.7. The summed E-state index contributed by atoms with van der Waals surface area (Å²) in [6.45, 7) is 0. The van der Waals surface area contributed by atoms with Crippen molar-refractivity contribution in [3.8, 4) is 6.07 Å². The van der Waals surface area contributed by atoms with Crippen LogP contribution in [0.15, 0.2) is 11.1 Å². The molecule has 0 radical (unpaired) electrons. The largest absolute Gasteiger partial charge is 0.469 e. The maximum atomic E-state index is 11.7. The van der Waals surface area contributed by atoms with Gasteiger partial charge in [0, 0.05) is 0 Å². The van der Waals surface area contributed by atoms with Gasteiger partial charge in [-0.15, -0.1) is 0 Å². The molecule has 5 heteroatoms. The predicted molar refractivity (Wildman–Crippen MR) is 61.0 cm³/mol. The van der Waals surface area contributed by atoms with E-state index in [1.165, 1.54) is 14.2 Å². The van der Waals surface area contributed by atoms with Crippen molar-refractivity contribution in [1.29, 1.82) is 5.26 Å². The Labute approximate surface area is 105 Å². The molecule has 0 spiro atoms. The topological polar surface area (TPSA) is 76.4 Å². The molecule has 5 nitrogen and oxygen atoms in total. The minimum absolute atomic E-state index is 0.0919. The van der Waals surface area contributed by atoms with E-state index in [0.717, 1.165) is 11.1 Å². The molecule has 0 aliphatic heterocycles. The number of hydrogen-bond acceptors (Lipinski definition) is 5. The number of esters is 2. The zero-order valence-electron chi connectivity index (χ0n) is 10.4. The molecule has 0 N–H and O–H groups in total. The number of allylic oxidation sites excluding steroid dienone is 2. The first kappa shape index (κ1) is 12.6. The zero-order valence-corrected chi connectivity index (χ0v) is 10.4. The minimum Gasteiger partial charge on any atom is -0.469 e. The second-order valence-corrected chi connectivity index (χ2v) is 4.68. The number of methoxy groups -OCH3 is 2. The van der Waals surface area contributed by atoms with Gasteiger partial charge in [0.1, 0.15) is 0 Å². The Morgan fingerprint density at radius 3 is 2.17 bits per heavy atom. The van der Waals surface area contributed by atoms with Crippen molar-refractivity contribution in [3.63, 3.8) is 0 Å². The van der Waals surface area contributed by atoms with E-state index in [4.69, 9.17) is 14.7 Å². The minimum atomic E-state index is -0.516. The number of nitriles is 1. The van der Waals surface area contributed by atoms with Gasteiger partial charge in [0.25, 0.3) is 0 Å². The Hall–Kier alpha value is -1.83. The van der Waals surface area contributed by atoms with Crippen LogP contribution in [0, 0.1) is 29.1 Å². The fourth-order valence-corrected chi connectivity index (χ4v) is 2.83. The first-order chi connectivity index (χ1) is 8.62. The highest BCUT2D eigenvalue weighted by atomic mass is 16.5. The SMILES string of the molecule is COC(=O)[C@H]1CC2=C(CC2C#N)C[C@H]1C(=O)OC. The molecule has 3 atom stereocenters. The van der Waals surface area contributed by atoms with Crippen LogP contribution in [0.1, 0.15) is 19.3 Å². The average molecular weight is 249 g/mol. The molecule has 96 valence electrons. The van der Waals surface area contributed by atoms with Gasteiger partial charge in [0.2, 0.25) is 0 Å². The van der Waals surface area contributed by atoms with Crippen LogP contribution in [-0.2, 0) is 19.1 Å². The lowest BCUT2D eigenvalue weighted by molar-refractivity contribution is -0.158. The first-order valence-electron chi connectivity index (χ1n) is 5.88. The number of carbonyl (C=O) groups excluding carboxylic acids is 2. The second kappa shape index (κ2) is 4.81. The van der Waals surface area contributed by atoms with Crippen molar-refractivity contribution < 1.29 is 19.1 Å². The molecule has 0 saturated carbocycles. The summed E-state index contributed by atoms with van der Waals surface area (Å²) in [4.78, 5) is 23.4. The molecule has 0 aromatic carbocycles. The second-order valence-electron chi connectivity index (χ2n) is 4.68. The highest BCUT2D eigenvalue weighted by molar-refractivity contribution is 5.83. The van der Waals surface area contributed by atoms with E-state index in [0.29, 0.717) is 19.3 Å². The summed E-state index contributed by atoms with van der Waals surface area (Å²) in [6.07, 6.45) is 1.67. The lowest BCUT2D eigenvalue weighted by Gasteiger charge is -2.39. The Morgan fingerprint density at radius 1 is 1.11 bits per heavy atom. The van der Waals surface area contributed by atoms with Crippen LogP contribution < -0.4 is 0 Å². The standard InChI is InChI=1S/C13H15NO4/c1-17-12(15)10-4-7-3-8(6-14)9(7)5-11(10)13(16)18-2/h8,10-11H,3-5H2,1-2H3/t8?,10-,11+/m1/s1. The van der Waals surface area contributed by atoms with Crippen LogP contribution in [-0.4, -0.2) is 26.2 Å². The van der Waals surface area contributed by atoms with Gasteiger partial charge in [-0.25, -0.2) is 0 Å². The highest BCUT2D eigenvalue weighted by Crippen LogP contribution is 2.48. The fourth-order valence-electron chi connectivity index (χ4n) is 2.83. The van der Waals surface area contributed by atoms with E-state index in [-0.39, 0.29) is 11.9 Å². The number of ether oxygens (including phenoxy) is 2. The third-order valence-corrected chi connectivity index (χ3v) is 3.88. The van der Waals surface area contributed by atoms with Gasteiger partial charge >= 0.3 is 11.9 Å². The molecule has 2 rings (SSSR count). The summed E-state index contributed by atoms with van der Waals surface area (Å²) < 4.78 is 9.48. The van der Waals surface area contributed by atoms with Gasteiger partial charge in [-0.05, 0) is 19.3 Å². The van der Waals surface area contributed by atoms with Crippen molar-refractivity contribution in [3.05, 3.63) is 11.1 Å². The predicted octanol–water partition coefficient (Wildman–Crippen LogP) is 1.20. The molecule has 0 amide bonds. The number of rotatable bonds is 2. The Kier molecular flexibility index (Phi) is 3.37. The van der Waals surface area contributed by atoms with Crippen molar-refractivity contribution in [2.75, 3.05) is 14.2 Å². The monoisotopic (exact) mass is 249 g/mol. The zero-order chi connectivity index (χ0) is 13.3. The van der Waals surface area contributed by atoms with E-state index in [1.807, 2.05) is 0 Å². The molecular weight excluding hydrogens is 234 g/mol. The quantitative estimate of drug-likeness (QED) is 0.543. The Balaban J connectivity index is 2.24. The third-order valence-electron chi connectivity index (χ3n) is 3.88. The molecule has 18 heavy (non-hydrogen) atoms. The molecular formula is C13H15NO4. The summed E-state index contributed by atoms with van der Waals surface area (Å²) in [5.74, 6) is -1.86. The van der Waals surface area contributed by atoms with Gasteiger partial charge < -0.3 is 9.47 Å². The molecule has 0 heterocycles. The van der Waals surface area contributed by atoms with Crippen molar-refractivity contribution >= 4 is 11.9 Å². The van der Waals surface area contributed by atoms with Crippen molar-refractivity contribution in [1.82, 2.24) is 0 Å². The summed E-state index contributed by atoms with van der Waals surface area (Å²) >= 11 is 0. The van der Waals surface area contributed by atoms with Crippen LogP contribution in [0.25, 0.3) is 0 Å². The fraction of sp³-hybridized carbons (Fsp3) is 0.615. The van der Waals surface area contributed by atoms with Crippen molar-refractivity contribution in [2.45, 2.75) is 19.3 Å². The smallest absolute Gasteiger partial charge is 0.309 e. The molecule has 0 aromatic heterocycles. The van der Waals surface area contributed by atoms with E-state index in [1.54, 1.807) is 0 Å². The molecule has 2 aliphatic rings. The first-order valence-corrected chi connectivity index (χ1v) is 5.88. The van der Waals surface area contributed by atoms with Crippen LogP contribution >= 0.6 is 0 Å². The van der Waals surface area contributed by atoms with E-state index in [9.17, 15) is 9.59 Å². The highest BCUT2D eigenvalue weighted by Gasteiger charge is 2.45. The third kappa shape index (κ3) is 1.88. The van der Waals surface area contributed by atoms with Gasteiger partial charge in [-0.3, -0.25) is 9.59 Å². The van der Waals surface area contributed by atoms with Crippen LogP contribution in [0.4, 0.5) is 0 Å². The van der Waals surface area contributed by atoms with Crippen LogP contribution in [0.2, 0.25) is 0 Å². The van der Waals surface area contributed by atoms with Crippen molar-refractivity contribution in [2.24, 2.45) is 17.8 Å². The van der Waals surface area contributed by atoms with Crippen LogP contribution in [0.5, 0.6) is 0 Å². The molecule has 1 unspecified atom stereocenters. The molecule has 2 aliphatic carbocycles. The molecule has 0 aromatic rings. The lowest BCUT2D eigenvalue weighted by atomic mass is 9.64. The Morgan fingerprint density at radius 2 is 1.67 bits per heavy atom. The van der Waals surface area contributed by atoms with E-state index >= 15 is 0 Å². The van der Waals surface area contributed by atoms with Crippen LogP contribution in [0.3, 0.4) is 0 Å². The lowest BCUT2D eigenvalue weighted by Crippen LogP contribution is -2.39. The summed E-state index contributed by atoms with van der Waals surface area (Å²) in [5.41, 5.74) is 2.16. The summed E-state index contributed by atoms with van der Waals surface area (Å²) in [6, 6.07) is 2.21. The molecule has 0 fully saturated rings. The maximum Gasteiger partial charge on any atom is 0.309 e. The van der Waals surface area contributed by atoms with Gasteiger partial charge in [-0.1, -0.05) is 11.1 Å². The van der Waals surface area contributed by atoms with Gasteiger partial charge in [0.05, 0.1) is 38.0 Å². The van der Waals surface area contributed by atoms with Gasteiger partial charge in [-0.2, -0.15) is 5.26 Å². The van der Waals surface area contributed by atoms with Gasteiger partial charge in [0.15, 0.2) is 0 Å². The Bertz CT molecular complexity index is 460. The summed E-state index contributed by atoms with van der Waals surface area (Å²) in [5, 5.41) is 8.94. The number of carbonyl (C=O) groups is 2. The number of hydrogen-bond donors (Lipinski definition) is 0. The van der Waals surface area contributed by atoms with E-state index in [2.05, 4.69) is 6.07 Å². The number of nitrogens with zero attached hydrogens (tertiary/aromatic N) is 1. The molecule has 0 saturated heterocycles. The summed E-state index contributed by atoms with van der Waals surface area (Å²) in [7, 11) is 2.63. The van der Waals surface area contributed by atoms with E-state index < -0.39 is 17.8 Å².